The number of nitrogens with zero attached hydrogens (tertiary/aromatic N) is 2. The number of halogens is 2. The van der Waals surface area contributed by atoms with Crippen molar-refractivity contribution in [2.45, 2.75) is 19.9 Å². The molecule has 0 saturated carbocycles. The zero-order valence-corrected chi connectivity index (χ0v) is 12.5. The molecule has 1 aromatic heterocycles. The molecule has 0 unspecified atom stereocenters. The highest BCUT2D eigenvalue weighted by molar-refractivity contribution is 9.10. The van der Waals surface area contributed by atoms with Gasteiger partial charge in [-0.3, -0.25) is 0 Å². The molecule has 2 rings (SSSR count). The Morgan fingerprint density at radius 1 is 1.39 bits per heavy atom. The van der Waals surface area contributed by atoms with E-state index < -0.39 is 0 Å². The molecule has 0 aliphatic heterocycles. The molecular formula is C13H15BrClN3. The van der Waals surface area contributed by atoms with Crippen LogP contribution in [0.15, 0.2) is 34.9 Å². The Hall–Kier alpha value is -0.840. The van der Waals surface area contributed by atoms with E-state index in [0.29, 0.717) is 5.02 Å². The Bertz CT molecular complexity index is 525. The second kappa shape index (κ2) is 6.36. The molecule has 3 nitrogen and oxygen atoms in total. The summed E-state index contributed by atoms with van der Waals surface area (Å²) < 4.78 is 2.81. The Labute approximate surface area is 120 Å². The van der Waals surface area contributed by atoms with Crippen molar-refractivity contribution in [3.8, 4) is 5.69 Å². The van der Waals surface area contributed by atoms with Crippen molar-refractivity contribution >= 4 is 27.5 Å². The lowest BCUT2D eigenvalue weighted by Crippen LogP contribution is -2.14. The normalized spacial score (nSPS) is 10.8. The van der Waals surface area contributed by atoms with E-state index in [9.17, 15) is 0 Å². The molecule has 1 aromatic carbocycles. The molecule has 0 radical (unpaired) electrons. The van der Waals surface area contributed by atoms with Crippen molar-refractivity contribution in [2.24, 2.45) is 0 Å². The van der Waals surface area contributed by atoms with Gasteiger partial charge in [0, 0.05) is 22.2 Å². The van der Waals surface area contributed by atoms with Crippen LogP contribution in [0, 0.1) is 0 Å². The van der Waals surface area contributed by atoms with Gasteiger partial charge in [-0.1, -0.05) is 18.5 Å². The van der Waals surface area contributed by atoms with Crippen molar-refractivity contribution in [3.63, 3.8) is 0 Å². The Balaban J connectivity index is 2.16. The maximum absolute atomic E-state index is 6.00. The van der Waals surface area contributed by atoms with Crippen LogP contribution in [0.2, 0.25) is 5.02 Å². The van der Waals surface area contributed by atoms with Crippen LogP contribution >= 0.6 is 27.5 Å². The standard InChI is InChI=1S/C13H15BrClN3/c1-2-6-16-9-11-5-7-18(17-11)13-8-10(15)3-4-12(13)14/h3-5,7-8,16H,2,6,9H2,1H3. The fourth-order valence-electron chi connectivity index (χ4n) is 1.64. The van der Waals surface area contributed by atoms with Gasteiger partial charge in [-0.25, -0.2) is 4.68 Å². The predicted molar refractivity (Wildman–Crippen MR) is 78.3 cm³/mol. The van der Waals surface area contributed by atoms with Crippen LogP contribution in [0.4, 0.5) is 0 Å². The van der Waals surface area contributed by atoms with Gasteiger partial charge in [0.1, 0.15) is 0 Å². The molecule has 0 saturated heterocycles. The fraction of sp³-hybridized carbons (Fsp3) is 0.308. The Kier molecular flexibility index (Phi) is 4.80. The zero-order chi connectivity index (χ0) is 13.0. The molecule has 0 aliphatic carbocycles. The van der Waals surface area contributed by atoms with Crippen molar-refractivity contribution in [3.05, 3.63) is 45.7 Å². The summed E-state index contributed by atoms with van der Waals surface area (Å²) in [6, 6.07) is 7.68. The lowest BCUT2D eigenvalue weighted by atomic mass is 10.3. The lowest BCUT2D eigenvalue weighted by molar-refractivity contribution is 0.656. The zero-order valence-electron chi connectivity index (χ0n) is 10.2. The van der Waals surface area contributed by atoms with Crippen LogP contribution in [0.1, 0.15) is 19.0 Å². The van der Waals surface area contributed by atoms with E-state index in [2.05, 4.69) is 33.3 Å². The summed E-state index contributed by atoms with van der Waals surface area (Å²) >= 11 is 9.51. The monoisotopic (exact) mass is 327 g/mol. The van der Waals surface area contributed by atoms with Gasteiger partial charge in [-0.05, 0) is 53.2 Å². The second-order valence-corrected chi connectivity index (χ2v) is 5.31. The molecule has 0 fully saturated rings. The van der Waals surface area contributed by atoms with Crippen LogP contribution in [0.25, 0.3) is 5.69 Å². The largest absolute Gasteiger partial charge is 0.311 e. The number of nitrogens with one attached hydrogen (secondary N) is 1. The van der Waals surface area contributed by atoms with E-state index in [-0.39, 0.29) is 0 Å². The molecule has 1 N–H and O–H groups in total. The van der Waals surface area contributed by atoms with Gasteiger partial charge in [0.2, 0.25) is 0 Å². The molecule has 18 heavy (non-hydrogen) atoms. The summed E-state index contributed by atoms with van der Waals surface area (Å²) in [4.78, 5) is 0. The third-order valence-electron chi connectivity index (χ3n) is 2.53. The minimum atomic E-state index is 0.703. The molecule has 96 valence electrons. The first kappa shape index (κ1) is 13.6. The summed E-state index contributed by atoms with van der Waals surface area (Å²) in [5, 5.41) is 8.55. The van der Waals surface area contributed by atoms with E-state index in [0.717, 1.165) is 35.4 Å². The van der Waals surface area contributed by atoms with Crippen LogP contribution in [-0.2, 0) is 6.54 Å². The summed E-state index contributed by atoms with van der Waals surface area (Å²) in [6.07, 6.45) is 3.07. The first-order valence-corrected chi connectivity index (χ1v) is 7.08. The minimum absolute atomic E-state index is 0.703. The number of hydrogen-bond donors (Lipinski definition) is 1. The van der Waals surface area contributed by atoms with Crippen LogP contribution in [0.3, 0.4) is 0 Å². The molecule has 5 heteroatoms. The van der Waals surface area contributed by atoms with Gasteiger partial charge < -0.3 is 5.32 Å². The average Bonchev–Trinajstić information content (AvgIpc) is 2.81. The van der Waals surface area contributed by atoms with E-state index in [4.69, 9.17) is 11.6 Å². The molecular weight excluding hydrogens is 314 g/mol. The van der Waals surface area contributed by atoms with Crippen LogP contribution < -0.4 is 5.32 Å². The average molecular weight is 329 g/mol. The van der Waals surface area contributed by atoms with Gasteiger partial charge in [0.15, 0.2) is 0 Å². The molecule has 2 aromatic rings. The highest BCUT2D eigenvalue weighted by atomic mass is 79.9. The topological polar surface area (TPSA) is 29.9 Å². The molecule has 0 amide bonds. The van der Waals surface area contributed by atoms with Gasteiger partial charge in [-0.15, -0.1) is 0 Å². The molecule has 0 spiro atoms. The maximum atomic E-state index is 6.00. The highest BCUT2D eigenvalue weighted by Gasteiger charge is 2.05. The number of benzene rings is 1. The van der Waals surface area contributed by atoms with E-state index in [1.807, 2.05) is 35.1 Å². The summed E-state index contributed by atoms with van der Waals surface area (Å²) in [6.45, 7) is 3.95. The third-order valence-corrected chi connectivity index (χ3v) is 3.44. The number of hydrogen-bond acceptors (Lipinski definition) is 2. The highest BCUT2D eigenvalue weighted by Crippen LogP contribution is 2.24. The van der Waals surface area contributed by atoms with Crippen molar-refractivity contribution < 1.29 is 0 Å². The Morgan fingerprint density at radius 2 is 2.22 bits per heavy atom. The predicted octanol–water partition coefficient (Wildman–Crippen LogP) is 3.79. The van der Waals surface area contributed by atoms with E-state index >= 15 is 0 Å². The molecule has 0 aliphatic rings. The van der Waals surface area contributed by atoms with Crippen molar-refractivity contribution in [1.82, 2.24) is 15.1 Å². The van der Waals surface area contributed by atoms with Crippen molar-refractivity contribution in [2.75, 3.05) is 6.54 Å². The summed E-state index contributed by atoms with van der Waals surface area (Å²) in [5.41, 5.74) is 1.97. The first-order valence-electron chi connectivity index (χ1n) is 5.91. The smallest absolute Gasteiger partial charge is 0.0802 e. The maximum Gasteiger partial charge on any atom is 0.0802 e. The third kappa shape index (κ3) is 3.34. The molecule has 0 bridgehead atoms. The van der Waals surface area contributed by atoms with Gasteiger partial charge in [-0.2, -0.15) is 5.10 Å². The Morgan fingerprint density at radius 3 is 3.00 bits per heavy atom. The van der Waals surface area contributed by atoms with Gasteiger partial charge in [0.25, 0.3) is 0 Å². The van der Waals surface area contributed by atoms with E-state index in [1.54, 1.807) is 0 Å². The number of rotatable bonds is 5. The molecule has 0 atom stereocenters. The molecule has 1 heterocycles. The first-order chi connectivity index (χ1) is 8.70. The van der Waals surface area contributed by atoms with E-state index in [1.165, 1.54) is 0 Å². The van der Waals surface area contributed by atoms with Crippen molar-refractivity contribution in [1.29, 1.82) is 0 Å². The summed E-state index contributed by atoms with van der Waals surface area (Å²) in [7, 11) is 0. The van der Waals surface area contributed by atoms with Gasteiger partial charge >= 0.3 is 0 Å². The van der Waals surface area contributed by atoms with Crippen LogP contribution in [-0.4, -0.2) is 16.3 Å². The number of aromatic nitrogens is 2. The van der Waals surface area contributed by atoms with Crippen LogP contribution in [0.5, 0.6) is 0 Å². The fourth-order valence-corrected chi connectivity index (χ4v) is 2.24. The minimum Gasteiger partial charge on any atom is -0.311 e. The summed E-state index contributed by atoms with van der Waals surface area (Å²) in [5.74, 6) is 0. The lowest BCUT2D eigenvalue weighted by Gasteiger charge is -2.05. The second-order valence-electron chi connectivity index (χ2n) is 4.02. The van der Waals surface area contributed by atoms with Gasteiger partial charge in [0.05, 0.1) is 11.4 Å². The SMILES string of the molecule is CCCNCc1ccn(-c2cc(Cl)ccc2Br)n1. The quantitative estimate of drug-likeness (QED) is 0.846.